The maximum absolute atomic E-state index is 12.6. The van der Waals surface area contributed by atoms with Gasteiger partial charge in [0.25, 0.3) is 0 Å². The van der Waals surface area contributed by atoms with E-state index in [0.29, 0.717) is 6.42 Å². The van der Waals surface area contributed by atoms with Crippen LogP contribution >= 0.6 is 7.82 Å². The summed E-state index contributed by atoms with van der Waals surface area (Å²) in [7, 11) is -4.78. The van der Waals surface area contributed by atoms with Crippen molar-refractivity contribution in [3.63, 3.8) is 0 Å². The quantitative estimate of drug-likeness (QED) is 0.404. The second-order valence-corrected chi connectivity index (χ2v) is 9.53. The van der Waals surface area contributed by atoms with Crippen LogP contribution in [0.25, 0.3) is 0 Å². The Hall–Kier alpha value is -0.510. The van der Waals surface area contributed by atoms with Crippen molar-refractivity contribution in [1.82, 2.24) is 0 Å². The van der Waals surface area contributed by atoms with Crippen molar-refractivity contribution in [1.29, 1.82) is 0 Å². The van der Waals surface area contributed by atoms with Gasteiger partial charge in [-0.2, -0.15) is 0 Å². The van der Waals surface area contributed by atoms with E-state index in [4.69, 9.17) is 33.7 Å². The molecule has 0 aliphatic carbocycles. The number of nitrogens with two attached hydrogens (primary N) is 1. The normalized spacial score (nSPS) is 37.2. The molecule has 0 radical (unpaired) electrons. The topological polar surface area (TPSA) is 122 Å². The summed E-state index contributed by atoms with van der Waals surface area (Å²) in [5.74, 6) is -0.0751. The highest BCUT2D eigenvalue weighted by Gasteiger charge is 2.44. The van der Waals surface area contributed by atoms with Gasteiger partial charge in [0.1, 0.15) is 24.1 Å². The fourth-order valence-electron chi connectivity index (χ4n) is 3.49. The molecule has 2 fully saturated rings. The molecule has 2 heterocycles. The van der Waals surface area contributed by atoms with Gasteiger partial charge in [-0.1, -0.05) is 6.58 Å². The van der Waals surface area contributed by atoms with Crippen molar-refractivity contribution < 1.29 is 37.5 Å². The van der Waals surface area contributed by atoms with E-state index in [-0.39, 0.29) is 42.9 Å². The molecule has 10 heteroatoms. The molecule has 2 saturated heterocycles. The van der Waals surface area contributed by atoms with Crippen molar-refractivity contribution in [2.45, 2.75) is 103 Å². The van der Waals surface area contributed by atoms with E-state index in [0.717, 1.165) is 0 Å². The van der Waals surface area contributed by atoms with Crippen molar-refractivity contribution in [2.75, 3.05) is 6.61 Å². The van der Waals surface area contributed by atoms with Crippen LogP contribution in [0.4, 0.5) is 0 Å². The van der Waals surface area contributed by atoms with Crippen LogP contribution in [-0.2, 0) is 32.6 Å². The average molecular weight is 436 g/mol. The summed E-state index contributed by atoms with van der Waals surface area (Å²) in [6.45, 7) is 15.1. The largest absolute Gasteiger partial charge is 0.746 e. The minimum atomic E-state index is -4.78. The molecular weight excluding hydrogens is 401 g/mol. The number of ether oxygens (including phenoxy) is 4. The molecule has 0 saturated carbocycles. The minimum Gasteiger partial charge on any atom is -0.746 e. The van der Waals surface area contributed by atoms with E-state index in [9.17, 15) is 9.46 Å². The Morgan fingerprint density at radius 1 is 1.24 bits per heavy atom. The highest BCUT2D eigenvalue weighted by molar-refractivity contribution is 7.46. The van der Waals surface area contributed by atoms with Crippen LogP contribution < -0.4 is 10.6 Å². The molecule has 29 heavy (non-hydrogen) atoms. The summed E-state index contributed by atoms with van der Waals surface area (Å²) in [6, 6.07) is -0.644. The van der Waals surface area contributed by atoms with Gasteiger partial charge in [0.2, 0.25) is 0 Å². The zero-order valence-corrected chi connectivity index (χ0v) is 19.0. The Kier molecular flexibility index (Phi) is 8.71. The van der Waals surface area contributed by atoms with E-state index in [1.807, 2.05) is 34.6 Å². The maximum atomic E-state index is 12.6. The van der Waals surface area contributed by atoms with Crippen molar-refractivity contribution >= 4 is 7.82 Å². The number of hydrogen-bond donors (Lipinski definition) is 1. The van der Waals surface area contributed by atoms with Gasteiger partial charge in [-0.25, -0.2) is 0 Å². The van der Waals surface area contributed by atoms with Crippen LogP contribution in [0.2, 0.25) is 0 Å². The first-order chi connectivity index (χ1) is 13.4. The molecule has 8 atom stereocenters. The first-order valence-electron chi connectivity index (χ1n) is 10.1. The molecule has 0 spiro atoms. The summed E-state index contributed by atoms with van der Waals surface area (Å²) in [5, 5.41) is 0. The summed E-state index contributed by atoms with van der Waals surface area (Å²) in [5.41, 5.74) is 6.09. The van der Waals surface area contributed by atoms with Crippen molar-refractivity contribution in [2.24, 2.45) is 5.73 Å². The van der Waals surface area contributed by atoms with E-state index >= 15 is 0 Å². The average Bonchev–Trinajstić information content (AvgIpc) is 3.06. The molecule has 0 aromatic rings. The first kappa shape index (κ1) is 24.8. The minimum absolute atomic E-state index is 0.0409. The van der Waals surface area contributed by atoms with Gasteiger partial charge < -0.3 is 38.6 Å². The zero-order chi connectivity index (χ0) is 21.9. The maximum Gasteiger partial charge on any atom is 0.319 e. The molecular formula is C19H35NO8P-. The molecule has 0 aromatic carbocycles. The molecule has 2 rings (SSSR count). The lowest BCUT2D eigenvalue weighted by atomic mass is 10.1. The van der Waals surface area contributed by atoms with Crippen LogP contribution in [0.5, 0.6) is 0 Å². The lowest BCUT2D eigenvalue weighted by Crippen LogP contribution is -2.43. The number of hydrogen-bond acceptors (Lipinski definition) is 9. The van der Waals surface area contributed by atoms with Gasteiger partial charge in [0.05, 0.1) is 43.2 Å². The van der Waals surface area contributed by atoms with E-state index in [2.05, 4.69) is 6.58 Å². The fraction of sp³-hybridized carbons (Fsp3) is 0.895. The summed E-state index contributed by atoms with van der Waals surface area (Å²) < 4.78 is 45.8. The van der Waals surface area contributed by atoms with Gasteiger partial charge in [0.15, 0.2) is 0 Å². The molecule has 9 nitrogen and oxygen atoms in total. The van der Waals surface area contributed by atoms with Crippen molar-refractivity contribution in [3.8, 4) is 0 Å². The third kappa shape index (κ3) is 7.01. The second kappa shape index (κ2) is 10.2. The van der Waals surface area contributed by atoms with Crippen LogP contribution in [-0.4, -0.2) is 61.5 Å². The van der Waals surface area contributed by atoms with E-state index in [1.165, 1.54) is 0 Å². The van der Waals surface area contributed by atoms with Crippen LogP contribution in [0.3, 0.4) is 0 Å². The Bertz CT molecular complexity index is 601. The highest BCUT2D eigenvalue weighted by atomic mass is 31.2. The Morgan fingerprint density at radius 2 is 1.90 bits per heavy atom. The SMILES string of the molecule is C=C(OP(=O)([O-])OC1C(N)[C@H](C)O[C@@H]1COC(C)C)[C@H]1O[C@@H](C)CC1OC(C)C. The summed E-state index contributed by atoms with van der Waals surface area (Å²) in [4.78, 5) is 12.6. The van der Waals surface area contributed by atoms with Gasteiger partial charge in [0, 0.05) is 6.42 Å². The molecule has 2 aliphatic rings. The third-order valence-corrected chi connectivity index (χ3v) is 5.76. The monoisotopic (exact) mass is 436 g/mol. The number of phosphoric acid groups is 1. The molecule has 4 unspecified atom stereocenters. The summed E-state index contributed by atoms with van der Waals surface area (Å²) >= 11 is 0. The Balaban J connectivity index is 2.01. The molecule has 2 N–H and O–H groups in total. The lowest BCUT2D eigenvalue weighted by Gasteiger charge is -2.32. The van der Waals surface area contributed by atoms with Gasteiger partial charge in [-0.15, -0.1) is 0 Å². The Morgan fingerprint density at radius 3 is 2.48 bits per heavy atom. The fourth-order valence-corrected chi connectivity index (χ4v) is 4.50. The molecule has 0 bridgehead atoms. The van der Waals surface area contributed by atoms with Crippen LogP contribution in [0.15, 0.2) is 12.3 Å². The smallest absolute Gasteiger partial charge is 0.319 e. The molecule has 0 amide bonds. The number of phosphoric ester groups is 1. The molecule has 170 valence electrons. The lowest BCUT2D eigenvalue weighted by molar-refractivity contribution is -0.230. The van der Waals surface area contributed by atoms with Crippen LogP contribution in [0, 0.1) is 0 Å². The first-order valence-corrected chi connectivity index (χ1v) is 11.6. The van der Waals surface area contributed by atoms with Gasteiger partial charge >= 0.3 is 7.82 Å². The second-order valence-electron chi connectivity index (χ2n) is 8.24. The predicted molar refractivity (Wildman–Crippen MR) is 105 cm³/mol. The highest BCUT2D eigenvalue weighted by Crippen LogP contribution is 2.46. The predicted octanol–water partition coefficient (Wildman–Crippen LogP) is 1.88. The van der Waals surface area contributed by atoms with Gasteiger partial charge in [-0.3, -0.25) is 4.57 Å². The van der Waals surface area contributed by atoms with Gasteiger partial charge in [-0.05, 0) is 41.5 Å². The third-order valence-electron chi connectivity index (χ3n) is 4.80. The Labute approximate surface area is 173 Å². The number of rotatable bonds is 10. The van der Waals surface area contributed by atoms with Crippen LogP contribution in [0.1, 0.15) is 48.0 Å². The molecule has 2 aliphatic heterocycles. The van der Waals surface area contributed by atoms with E-state index < -0.39 is 32.2 Å². The van der Waals surface area contributed by atoms with Crippen molar-refractivity contribution in [3.05, 3.63) is 12.3 Å². The summed E-state index contributed by atoms with van der Waals surface area (Å²) in [6.07, 6.45) is -2.56. The zero-order valence-electron chi connectivity index (χ0n) is 18.1. The standard InChI is InChI=1S/C19H36NO8P/c1-10(2)23-9-16-19(17(20)13(6)26-16)28-29(21,22)27-14(7)18-15(24-11(3)4)8-12(5)25-18/h10-13,15-19H,7-9,20H2,1-6H3,(H,21,22)/p-1/t12-,13-,15?,16+,17?,18+,19?/m0/s1. The molecule has 0 aromatic heterocycles. The van der Waals surface area contributed by atoms with E-state index in [1.54, 1.807) is 6.92 Å².